The highest BCUT2D eigenvalue weighted by molar-refractivity contribution is 7.89. The Hall–Kier alpha value is -2.97. The van der Waals surface area contributed by atoms with Gasteiger partial charge in [0.15, 0.2) is 5.82 Å². The standard InChI is InChI=1S/C22H22F3N5O2S/c1-13-6-7-17-18(10-26)21(30(20(17)19(13)25)15-4-2-3-5-15)22-27-11-16(12-28-22)33(31,32)29-14(8-23)9-24/h6-7,11-12,14-15,29H,2-5,8-9H2,1H3. The zero-order chi connectivity index (χ0) is 23.8. The minimum atomic E-state index is -4.25. The first-order valence-electron chi connectivity index (χ1n) is 10.5. The predicted octanol–water partition coefficient (Wildman–Crippen LogP) is 4.12. The Morgan fingerprint density at radius 3 is 2.42 bits per heavy atom. The summed E-state index contributed by atoms with van der Waals surface area (Å²) >= 11 is 0. The number of hydrogen-bond acceptors (Lipinski definition) is 5. The summed E-state index contributed by atoms with van der Waals surface area (Å²) in [6.45, 7) is -0.753. The molecule has 1 fully saturated rings. The van der Waals surface area contributed by atoms with Crippen molar-refractivity contribution in [2.24, 2.45) is 0 Å². The Morgan fingerprint density at radius 2 is 1.85 bits per heavy atom. The van der Waals surface area contributed by atoms with Gasteiger partial charge in [0, 0.05) is 11.4 Å². The van der Waals surface area contributed by atoms with E-state index in [1.54, 1.807) is 23.6 Å². The van der Waals surface area contributed by atoms with Crippen LogP contribution >= 0.6 is 0 Å². The summed E-state index contributed by atoms with van der Waals surface area (Å²) in [5, 5.41) is 10.4. The highest BCUT2D eigenvalue weighted by Gasteiger charge is 2.30. The first kappa shape index (κ1) is 23.2. The molecule has 2 aromatic heterocycles. The molecule has 0 unspecified atom stereocenters. The van der Waals surface area contributed by atoms with Crippen LogP contribution in [0.25, 0.3) is 22.4 Å². The lowest BCUT2D eigenvalue weighted by atomic mass is 10.1. The number of sulfonamides is 1. The molecule has 11 heteroatoms. The van der Waals surface area contributed by atoms with Crippen LogP contribution in [-0.4, -0.2) is 42.3 Å². The maximum Gasteiger partial charge on any atom is 0.244 e. The molecule has 0 aliphatic heterocycles. The van der Waals surface area contributed by atoms with Gasteiger partial charge in [-0.25, -0.2) is 36.3 Å². The van der Waals surface area contributed by atoms with E-state index in [2.05, 4.69) is 16.0 Å². The van der Waals surface area contributed by atoms with Crippen molar-refractivity contribution in [3.05, 3.63) is 41.5 Å². The van der Waals surface area contributed by atoms with Gasteiger partial charge in [0.2, 0.25) is 10.0 Å². The van der Waals surface area contributed by atoms with Gasteiger partial charge in [-0.1, -0.05) is 25.0 Å². The van der Waals surface area contributed by atoms with E-state index in [9.17, 15) is 22.5 Å². The molecule has 0 spiro atoms. The lowest BCUT2D eigenvalue weighted by molar-refractivity contribution is 0.334. The third kappa shape index (κ3) is 4.09. The van der Waals surface area contributed by atoms with E-state index in [0.717, 1.165) is 38.1 Å². The summed E-state index contributed by atoms with van der Waals surface area (Å²) in [6.07, 6.45) is 5.56. The maximum absolute atomic E-state index is 15.2. The lowest BCUT2D eigenvalue weighted by Gasteiger charge is -2.18. The highest BCUT2D eigenvalue weighted by atomic mass is 32.2. The second-order valence-electron chi connectivity index (χ2n) is 8.11. The Kier molecular flexibility index (Phi) is 6.41. The van der Waals surface area contributed by atoms with Crippen molar-refractivity contribution in [1.82, 2.24) is 19.3 Å². The second-order valence-corrected chi connectivity index (χ2v) is 9.82. The summed E-state index contributed by atoms with van der Waals surface area (Å²) in [5.41, 5.74) is 1.29. The highest BCUT2D eigenvalue weighted by Crippen LogP contribution is 2.41. The summed E-state index contributed by atoms with van der Waals surface area (Å²) in [6, 6.07) is 3.88. The maximum atomic E-state index is 15.2. The van der Waals surface area contributed by atoms with Crippen LogP contribution in [0.2, 0.25) is 0 Å². The van der Waals surface area contributed by atoms with Crippen molar-refractivity contribution >= 4 is 20.9 Å². The van der Waals surface area contributed by atoms with Crippen LogP contribution in [0.5, 0.6) is 0 Å². The third-order valence-corrected chi connectivity index (χ3v) is 7.42. The van der Waals surface area contributed by atoms with E-state index in [4.69, 9.17) is 0 Å². The van der Waals surface area contributed by atoms with E-state index in [0.29, 0.717) is 22.2 Å². The summed E-state index contributed by atoms with van der Waals surface area (Å²) in [4.78, 5) is 7.93. The Bertz CT molecular complexity index is 1320. The predicted molar refractivity (Wildman–Crippen MR) is 116 cm³/mol. The van der Waals surface area contributed by atoms with Crippen LogP contribution in [0.15, 0.2) is 29.4 Å². The summed E-state index contributed by atoms with van der Waals surface area (Å²) < 4.78 is 69.3. The van der Waals surface area contributed by atoms with Crippen LogP contribution in [0, 0.1) is 24.1 Å². The molecule has 0 saturated heterocycles. The van der Waals surface area contributed by atoms with Crippen LogP contribution in [-0.2, 0) is 10.0 Å². The topological polar surface area (TPSA) is 101 Å². The first-order valence-corrected chi connectivity index (χ1v) is 12.0. The fourth-order valence-corrected chi connectivity index (χ4v) is 5.38. The molecular formula is C22H22F3N5O2S. The molecule has 0 radical (unpaired) electrons. The molecule has 1 saturated carbocycles. The molecule has 0 atom stereocenters. The second kappa shape index (κ2) is 9.11. The zero-order valence-electron chi connectivity index (χ0n) is 17.9. The smallest absolute Gasteiger partial charge is 0.244 e. The van der Waals surface area contributed by atoms with Crippen molar-refractivity contribution in [2.45, 2.75) is 49.6 Å². The van der Waals surface area contributed by atoms with Crippen LogP contribution in [0.3, 0.4) is 0 Å². The van der Waals surface area contributed by atoms with Crippen LogP contribution in [0.4, 0.5) is 13.2 Å². The van der Waals surface area contributed by atoms with Crippen molar-refractivity contribution in [3.63, 3.8) is 0 Å². The van der Waals surface area contributed by atoms with Crippen LogP contribution < -0.4 is 4.72 Å². The number of hydrogen-bond donors (Lipinski definition) is 1. The largest absolute Gasteiger partial charge is 0.331 e. The number of nitrogens with one attached hydrogen (secondary N) is 1. The van der Waals surface area contributed by atoms with E-state index >= 15 is 4.39 Å². The van der Waals surface area contributed by atoms with Gasteiger partial charge in [0.1, 0.15) is 35.8 Å². The van der Waals surface area contributed by atoms with Gasteiger partial charge in [-0.2, -0.15) is 5.26 Å². The molecule has 7 nitrogen and oxygen atoms in total. The van der Waals surface area contributed by atoms with Gasteiger partial charge < -0.3 is 4.57 Å². The number of alkyl halides is 2. The lowest BCUT2D eigenvalue weighted by Crippen LogP contribution is -2.38. The molecule has 3 aromatic rings. The number of aryl methyl sites for hydroxylation is 1. The van der Waals surface area contributed by atoms with Gasteiger partial charge in [-0.15, -0.1) is 0 Å². The molecule has 1 aliphatic rings. The van der Waals surface area contributed by atoms with E-state index in [1.165, 1.54) is 0 Å². The van der Waals surface area contributed by atoms with Crippen molar-refractivity contribution in [1.29, 1.82) is 5.26 Å². The average molecular weight is 478 g/mol. The van der Waals surface area contributed by atoms with Gasteiger partial charge in [-0.3, -0.25) is 0 Å². The summed E-state index contributed by atoms with van der Waals surface area (Å²) in [5.74, 6) is -0.354. The molecule has 2 heterocycles. The van der Waals surface area contributed by atoms with Crippen molar-refractivity contribution in [3.8, 4) is 17.6 Å². The molecule has 33 heavy (non-hydrogen) atoms. The van der Waals surface area contributed by atoms with Gasteiger partial charge in [-0.05, 0) is 25.3 Å². The molecule has 1 aromatic carbocycles. The SMILES string of the molecule is Cc1ccc2c(C#N)c(-c3ncc(S(=O)(=O)NC(CF)CF)cn3)n(C3CCCC3)c2c1F. The molecule has 1 aliphatic carbocycles. The van der Waals surface area contributed by atoms with E-state index in [-0.39, 0.29) is 22.3 Å². The Labute approximate surface area is 189 Å². The fourth-order valence-electron chi connectivity index (χ4n) is 4.29. The number of rotatable bonds is 7. The zero-order valence-corrected chi connectivity index (χ0v) is 18.7. The fraction of sp³-hybridized carbons (Fsp3) is 0.409. The van der Waals surface area contributed by atoms with Crippen LogP contribution in [0.1, 0.15) is 42.9 Å². The molecule has 4 rings (SSSR count). The number of aromatic nitrogens is 3. The van der Waals surface area contributed by atoms with E-state index < -0.39 is 35.2 Å². The normalized spacial score (nSPS) is 14.9. The summed E-state index contributed by atoms with van der Waals surface area (Å²) in [7, 11) is -4.25. The molecular weight excluding hydrogens is 455 g/mol. The molecule has 0 amide bonds. The number of nitrogens with zero attached hydrogens (tertiary/aromatic N) is 4. The Morgan fingerprint density at radius 1 is 1.21 bits per heavy atom. The number of fused-ring (bicyclic) bond motifs is 1. The average Bonchev–Trinajstić information content (AvgIpc) is 3.46. The van der Waals surface area contributed by atoms with Crippen molar-refractivity contribution < 1.29 is 21.6 Å². The minimum absolute atomic E-state index is 0.0514. The Balaban J connectivity index is 1.87. The first-order chi connectivity index (χ1) is 15.8. The van der Waals surface area contributed by atoms with Crippen molar-refractivity contribution in [2.75, 3.05) is 13.3 Å². The number of benzene rings is 1. The van der Waals surface area contributed by atoms with Gasteiger partial charge in [0.25, 0.3) is 0 Å². The monoisotopic (exact) mass is 477 g/mol. The van der Waals surface area contributed by atoms with Gasteiger partial charge in [0.05, 0.1) is 29.5 Å². The molecule has 1 N–H and O–H groups in total. The molecule has 0 bridgehead atoms. The number of halogens is 3. The van der Waals surface area contributed by atoms with E-state index in [1.807, 2.05) is 4.72 Å². The number of nitriles is 1. The van der Waals surface area contributed by atoms with Gasteiger partial charge >= 0.3 is 0 Å². The quantitative estimate of drug-likeness (QED) is 0.552. The molecule has 174 valence electrons. The minimum Gasteiger partial charge on any atom is -0.331 e. The third-order valence-electron chi connectivity index (χ3n) is 5.94.